The van der Waals surface area contributed by atoms with Gasteiger partial charge in [0, 0.05) is 10.3 Å². The predicted octanol–water partition coefficient (Wildman–Crippen LogP) is 3.83. The third-order valence-corrected chi connectivity index (χ3v) is 5.89. The Labute approximate surface area is 154 Å². The summed E-state index contributed by atoms with van der Waals surface area (Å²) in [5.74, 6) is -0.644. The van der Waals surface area contributed by atoms with Gasteiger partial charge in [-0.3, -0.25) is 14.8 Å². The van der Waals surface area contributed by atoms with E-state index in [9.17, 15) is 9.59 Å². The highest BCUT2D eigenvalue weighted by atomic mass is 32.1. The second-order valence-electron chi connectivity index (χ2n) is 6.42. The molecule has 1 unspecified atom stereocenters. The molecule has 0 saturated heterocycles. The van der Waals surface area contributed by atoms with Gasteiger partial charge in [0.1, 0.15) is 0 Å². The van der Waals surface area contributed by atoms with Gasteiger partial charge in [0.25, 0.3) is 11.8 Å². The molecule has 3 N–H and O–H groups in total. The molecule has 1 aliphatic rings. The number of fused-ring (bicyclic) bond motifs is 2. The Hall–Kier alpha value is -2.70. The normalized spacial score (nSPS) is 16.1. The van der Waals surface area contributed by atoms with Crippen LogP contribution in [0.1, 0.15) is 50.0 Å². The minimum Gasteiger partial charge on any atom is -0.345 e. The molecule has 0 saturated carbocycles. The molecule has 1 aromatic heterocycles. The Morgan fingerprint density at radius 2 is 1.92 bits per heavy atom. The minimum absolute atomic E-state index is 0.0962. The second-order valence-corrected chi connectivity index (χ2v) is 7.51. The van der Waals surface area contributed by atoms with Crippen molar-refractivity contribution < 1.29 is 14.8 Å². The molecule has 132 valence electrons. The Morgan fingerprint density at radius 1 is 1.08 bits per heavy atom. The van der Waals surface area contributed by atoms with Gasteiger partial charge in [0.05, 0.1) is 10.9 Å². The molecule has 0 fully saturated rings. The lowest BCUT2D eigenvalue weighted by atomic mass is 9.86. The Bertz CT molecular complexity index is 963. The van der Waals surface area contributed by atoms with Crippen LogP contribution in [0.5, 0.6) is 0 Å². The van der Waals surface area contributed by atoms with E-state index < -0.39 is 5.91 Å². The van der Waals surface area contributed by atoms with Crippen LogP contribution in [-0.4, -0.2) is 17.0 Å². The van der Waals surface area contributed by atoms with Crippen molar-refractivity contribution in [1.82, 2.24) is 10.8 Å². The maximum absolute atomic E-state index is 12.7. The van der Waals surface area contributed by atoms with Crippen LogP contribution in [0.15, 0.2) is 48.5 Å². The third-order valence-electron chi connectivity index (χ3n) is 4.78. The first-order chi connectivity index (χ1) is 12.7. The number of hydrogen-bond acceptors (Lipinski definition) is 4. The molecule has 2 aromatic carbocycles. The molecular weight excluding hydrogens is 348 g/mol. The highest BCUT2D eigenvalue weighted by Crippen LogP contribution is 2.32. The van der Waals surface area contributed by atoms with E-state index in [1.807, 2.05) is 36.4 Å². The molecule has 0 radical (unpaired) electrons. The van der Waals surface area contributed by atoms with Gasteiger partial charge in [0.15, 0.2) is 0 Å². The molecule has 26 heavy (non-hydrogen) atoms. The number of nitrogens with one attached hydrogen (secondary N) is 2. The van der Waals surface area contributed by atoms with Gasteiger partial charge in [0.2, 0.25) is 0 Å². The van der Waals surface area contributed by atoms with Crippen LogP contribution in [0.4, 0.5) is 0 Å². The van der Waals surface area contributed by atoms with Gasteiger partial charge >= 0.3 is 0 Å². The summed E-state index contributed by atoms with van der Waals surface area (Å²) >= 11 is 1.48. The van der Waals surface area contributed by atoms with Crippen LogP contribution in [-0.2, 0) is 6.42 Å². The fraction of sp³-hybridized carbons (Fsp3) is 0.200. The van der Waals surface area contributed by atoms with Crippen LogP contribution >= 0.6 is 11.3 Å². The van der Waals surface area contributed by atoms with E-state index >= 15 is 0 Å². The molecule has 0 aliphatic heterocycles. The molecule has 1 aliphatic carbocycles. The fourth-order valence-electron chi connectivity index (χ4n) is 3.48. The number of carbonyl (C=O) groups excluding carboxylic acids is 2. The first-order valence-corrected chi connectivity index (χ1v) is 9.34. The van der Waals surface area contributed by atoms with Crippen LogP contribution in [0.3, 0.4) is 0 Å². The standard InChI is InChI=1S/C20H18N2O3S/c23-19(22-25)14-9-8-12-5-3-6-16(15(12)10-14)21-20(24)18-11-13-4-1-2-7-17(13)26-18/h1-2,4,7-11,16,25H,3,5-6H2,(H,21,24)(H,22,23). The maximum atomic E-state index is 12.7. The summed E-state index contributed by atoms with van der Waals surface area (Å²) in [5, 5.41) is 13.0. The Balaban J connectivity index is 1.61. The van der Waals surface area contributed by atoms with Gasteiger partial charge < -0.3 is 5.32 Å². The zero-order chi connectivity index (χ0) is 18.1. The fourth-order valence-corrected chi connectivity index (χ4v) is 4.44. The van der Waals surface area contributed by atoms with Gasteiger partial charge in [-0.15, -0.1) is 11.3 Å². The highest BCUT2D eigenvalue weighted by Gasteiger charge is 2.24. The number of rotatable bonds is 3. The summed E-state index contributed by atoms with van der Waals surface area (Å²) in [6.45, 7) is 0. The molecule has 5 nitrogen and oxygen atoms in total. The maximum Gasteiger partial charge on any atom is 0.274 e. The highest BCUT2D eigenvalue weighted by molar-refractivity contribution is 7.20. The average molecular weight is 366 g/mol. The molecule has 0 bridgehead atoms. The molecule has 3 aromatic rings. The number of amides is 2. The summed E-state index contributed by atoms with van der Waals surface area (Å²) in [7, 11) is 0. The van der Waals surface area contributed by atoms with E-state index in [2.05, 4.69) is 5.32 Å². The van der Waals surface area contributed by atoms with Crippen molar-refractivity contribution in [3.63, 3.8) is 0 Å². The smallest absolute Gasteiger partial charge is 0.274 e. The van der Waals surface area contributed by atoms with Crippen molar-refractivity contribution in [2.24, 2.45) is 0 Å². The summed E-state index contributed by atoms with van der Waals surface area (Å²) in [6.07, 6.45) is 2.73. The lowest BCUT2D eigenvalue weighted by Crippen LogP contribution is -2.31. The number of benzene rings is 2. The van der Waals surface area contributed by atoms with Crippen LogP contribution < -0.4 is 10.8 Å². The van der Waals surface area contributed by atoms with Crippen LogP contribution in [0, 0.1) is 0 Å². The van der Waals surface area contributed by atoms with E-state index in [-0.39, 0.29) is 11.9 Å². The van der Waals surface area contributed by atoms with Gasteiger partial charge in [-0.2, -0.15) is 0 Å². The number of thiophene rings is 1. The minimum atomic E-state index is -0.548. The Kier molecular flexibility index (Phi) is 4.44. The summed E-state index contributed by atoms with van der Waals surface area (Å²) < 4.78 is 1.09. The van der Waals surface area contributed by atoms with Gasteiger partial charge in [-0.25, -0.2) is 5.48 Å². The van der Waals surface area contributed by atoms with E-state index in [1.54, 1.807) is 17.6 Å². The van der Waals surface area contributed by atoms with E-state index in [0.29, 0.717) is 10.4 Å². The van der Waals surface area contributed by atoms with Crippen LogP contribution in [0.25, 0.3) is 10.1 Å². The summed E-state index contributed by atoms with van der Waals surface area (Å²) in [4.78, 5) is 25.1. The number of hydrogen-bond donors (Lipinski definition) is 3. The summed E-state index contributed by atoms with van der Waals surface area (Å²) in [6, 6.07) is 15.1. The zero-order valence-corrected chi connectivity index (χ0v) is 14.8. The first-order valence-electron chi connectivity index (χ1n) is 8.52. The van der Waals surface area contributed by atoms with Gasteiger partial charge in [-0.05, 0) is 60.0 Å². The lowest BCUT2D eigenvalue weighted by molar-refractivity contribution is 0.0706. The molecule has 2 amide bonds. The van der Waals surface area contributed by atoms with Gasteiger partial charge in [-0.1, -0.05) is 24.3 Å². The average Bonchev–Trinajstić information content (AvgIpc) is 3.11. The predicted molar refractivity (Wildman–Crippen MR) is 101 cm³/mol. The molecule has 4 rings (SSSR count). The lowest BCUT2D eigenvalue weighted by Gasteiger charge is -2.26. The largest absolute Gasteiger partial charge is 0.345 e. The Morgan fingerprint density at radius 3 is 2.73 bits per heavy atom. The zero-order valence-electron chi connectivity index (χ0n) is 14.0. The molecule has 1 heterocycles. The summed E-state index contributed by atoms with van der Waals surface area (Å²) in [5.41, 5.74) is 4.13. The van der Waals surface area contributed by atoms with Crippen molar-refractivity contribution in [3.05, 3.63) is 70.1 Å². The first kappa shape index (κ1) is 16.8. The van der Waals surface area contributed by atoms with Crippen molar-refractivity contribution in [2.45, 2.75) is 25.3 Å². The SMILES string of the molecule is O=C(NO)c1ccc2c(c1)C(NC(=O)c1cc3ccccc3s1)CCC2. The molecule has 0 spiro atoms. The van der Waals surface area contributed by atoms with E-state index in [1.165, 1.54) is 11.3 Å². The van der Waals surface area contributed by atoms with Crippen LogP contribution in [0.2, 0.25) is 0 Å². The third kappa shape index (κ3) is 3.09. The van der Waals surface area contributed by atoms with E-state index in [4.69, 9.17) is 5.21 Å². The van der Waals surface area contributed by atoms with Crippen molar-refractivity contribution >= 4 is 33.2 Å². The molecule has 1 atom stereocenters. The number of aryl methyl sites for hydroxylation is 1. The van der Waals surface area contributed by atoms with Crippen molar-refractivity contribution in [3.8, 4) is 0 Å². The number of carbonyl (C=O) groups is 2. The van der Waals surface area contributed by atoms with Crippen molar-refractivity contribution in [2.75, 3.05) is 0 Å². The van der Waals surface area contributed by atoms with Crippen molar-refractivity contribution in [1.29, 1.82) is 0 Å². The number of hydroxylamine groups is 1. The topological polar surface area (TPSA) is 78.4 Å². The molecular formula is C20H18N2O3S. The quantitative estimate of drug-likeness (QED) is 0.487. The monoisotopic (exact) mass is 366 g/mol. The van der Waals surface area contributed by atoms with E-state index in [0.717, 1.165) is 40.5 Å². The second kappa shape index (κ2) is 6.90. The molecule has 6 heteroatoms.